The summed E-state index contributed by atoms with van der Waals surface area (Å²) in [5.74, 6) is 0. The van der Waals surface area contributed by atoms with Crippen LogP contribution in [-0.4, -0.2) is 9.55 Å². The van der Waals surface area contributed by atoms with Crippen molar-refractivity contribution in [1.29, 1.82) is 0 Å². The highest BCUT2D eigenvalue weighted by atomic mass is 79.9. The van der Waals surface area contributed by atoms with E-state index in [4.69, 9.17) is 0 Å². The highest BCUT2D eigenvalue weighted by Crippen LogP contribution is 2.18. The summed E-state index contributed by atoms with van der Waals surface area (Å²) in [6.07, 6.45) is 0. The maximum atomic E-state index is 12.7. The van der Waals surface area contributed by atoms with Gasteiger partial charge < -0.3 is 4.98 Å². The lowest BCUT2D eigenvalue weighted by Gasteiger charge is -2.12. The number of hydrogen-bond acceptors (Lipinski definition) is 2. The summed E-state index contributed by atoms with van der Waals surface area (Å²) in [6, 6.07) is 10.9. The number of aromatic nitrogens is 2. The van der Waals surface area contributed by atoms with Crippen molar-refractivity contribution in [2.45, 2.75) is 13.8 Å². The molecular weight excluding hydrogens is 332 g/mol. The third-order valence-electron chi connectivity index (χ3n) is 3.52. The molecule has 1 aromatic heterocycles. The van der Waals surface area contributed by atoms with Crippen molar-refractivity contribution >= 4 is 26.8 Å². The van der Waals surface area contributed by atoms with E-state index in [0.29, 0.717) is 16.6 Å². The van der Waals surface area contributed by atoms with Crippen molar-refractivity contribution in [3.8, 4) is 5.69 Å². The monoisotopic (exact) mass is 344 g/mol. The van der Waals surface area contributed by atoms with Crippen molar-refractivity contribution < 1.29 is 0 Å². The smallest absolute Gasteiger partial charge is 0.306 e. The molecule has 3 rings (SSSR count). The predicted molar refractivity (Wildman–Crippen MR) is 87.3 cm³/mol. The largest absolute Gasteiger partial charge is 0.333 e. The molecule has 106 valence electrons. The molecule has 0 fully saturated rings. The fraction of sp³-hybridized carbons (Fsp3) is 0.125. The fourth-order valence-electron chi connectivity index (χ4n) is 2.55. The molecule has 3 aromatic rings. The summed E-state index contributed by atoms with van der Waals surface area (Å²) >= 11 is 3.35. The number of nitrogens with zero attached hydrogens (tertiary/aromatic N) is 1. The lowest BCUT2D eigenvalue weighted by molar-refractivity contribution is 0.885. The first-order chi connectivity index (χ1) is 9.99. The second kappa shape index (κ2) is 5.00. The van der Waals surface area contributed by atoms with Crippen LogP contribution in [0.25, 0.3) is 16.6 Å². The number of aryl methyl sites for hydroxylation is 2. The highest BCUT2D eigenvalue weighted by molar-refractivity contribution is 9.10. The normalized spacial score (nSPS) is 11.0. The summed E-state index contributed by atoms with van der Waals surface area (Å²) in [5, 5.41) is 0.478. The van der Waals surface area contributed by atoms with E-state index in [1.54, 1.807) is 18.2 Å². The maximum Gasteiger partial charge on any atom is 0.333 e. The van der Waals surface area contributed by atoms with E-state index in [-0.39, 0.29) is 5.56 Å². The number of aromatic amines is 1. The number of fused-ring (bicyclic) bond motifs is 1. The fourth-order valence-corrected chi connectivity index (χ4v) is 2.91. The van der Waals surface area contributed by atoms with Gasteiger partial charge in [0.25, 0.3) is 5.56 Å². The molecule has 0 atom stereocenters. The van der Waals surface area contributed by atoms with Crippen LogP contribution in [0, 0.1) is 13.8 Å². The number of benzene rings is 2. The van der Waals surface area contributed by atoms with Gasteiger partial charge in [-0.25, -0.2) is 9.36 Å². The molecule has 1 N–H and O–H groups in total. The van der Waals surface area contributed by atoms with Gasteiger partial charge in [0.1, 0.15) is 0 Å². The van der Waals surface area contributed by atoms with E-state index in [1.807, 2.05) is 32.0 Å². The third kappa shape index (κ3) is 2.23. The minimum atomic E-state index is -0.424. The summed E-state index contributed by atoms with van der Waals surface area (Å²) in [5.41, 5.74) is 2.22. The average molecular weight is 345 g/mol. The molecule has 4 nitrogen and oxygen atoms in total. The summed E-state index contributed by atoms with van der Waals surface area (Å²) in [7, 11) is 0. The number of nitrogens with one attached hydrogen (secondary N) is 1. The molecule has 0 aliphatic carbocycles. The topological polar surface area (TPSA) is 54.9 Å². The Hall–Kier alpha value is -2.14. The lowest BCUT2D eigenvalue weighted by Crippen LogP contribution is -2.34. The van der Waals surface area contributed by atoms with E-state index < -0.39 is 5.69 Å². The van der Waals surface area contributed by atoms with Crippen molar-refractivity contribution in [2.75, 3.05) is 0 Å². The van der Waals surface area contributed by atoms with E-state index in [9.17, 15) is 9.59 Å². The van der Waals surface area contributed by atoms with Crippen LogP contribution in [0.1, 0.15) is 11.1 Å². The molecule has 0 unspecified atom stereocenters. The van der Waals surface area contributed by atoms with Gasteiger partial charge in [-0.2, -0.15) is 0 Å². The Bertz CT molecular complexity index is 950. The Kier molecular flexibility index (Phi) is 3.29. The minimum Gasteiger partial charge on any atom is -0.306 e. The predicted octanol–water partition coefficient (Wildman–Crippen LogP) is 3.06. The second-order valence-corrected chi connectivity index (χ2v) is 5.92. The zero-order valence-corrected chi connectivity index (χ0v) is 13.2. The van der Waals surface area contributed by atoms with Gasteiger partial charge in [0.2, 0.25) is 0 Å². The number of rotatable bonds is 1. The average Bonchev–Trinajstić information content (AvgIpc) is 2.43. The van der Waals surface area contributed by atoms with Crippen molar-refractivity contribution in [1.82, 2.24) is 9.55 Å². The number of halogens is 1. The molecule has 0 aliphatic rings. The Morgan fingerprint density at radius 3 is 2.38 bits per heavy atom. The van der Waals surface area contributed by atoms with Crippen molar-refractivity contribution in [2.24, 2.45) is 0 Å². The molecule has 0 saturated heterocycles. The van der Waals surface area contributed by atoms with E-state index >= 15 is 0 Å². The molecular formula is C16H13BrN2O2. The van der Waals surface area contributed by atoms with Crippen molar-refractivity contribution in [3.63, 3.8) is 0 Å². The summed E-state index contributed by atoms with van der Waals surface area (Å²) in [4.78, 5) is 27.8. The van der Waals surface area contributed by atoms with E-state index in [0.717, 1.165) is 15.6 Å². The van der Waals surface area contributed by atoms with Crippen LogP contribution in [0.15, 0.2) is 50.5 Å². The Balaban J connectivity index is 2.49. The van der Waals surface area contributed by atoms with Crippen LogP contribution in [0.4, 0.5) is 0 Å². The van der Waals surface area contributed by atoms with Crippen LogP contribution in [0.2, 0.25) is 0 Å². The SMILES string of the molecule is Cc1cccc(C)c1-n1c(=O)[nH]c2ccc(Br)cc2c1=O. The van der Waals surface area contributed by atoms with Gasteiger partial charge in [0.05, 0.1) is 16.6 Å². The first-order valence-electron chi connectivity index (χ1n) is 6.50. The quantitative estimate of drug-likeness (QED) is 0.737. The Morgan fingerprint density at radius 2 is 1.71 bits per heavy atom. The number of para-hydroxylation sites is 1. The molecule has 5 heteroatoms. The van der Waals surface area contributed by atoms with E-state index in [1.165, 1.54) is 4.57 Å². The molecule has 0 amide bonds. The van der Waals surface area contributed by atoms with Gasteiger partial charge in [-0.3, -0.25) is 4.79 Å². The van der Waals surface area contributed by atoms with Crippen LogP contribution in [-0.2, 0) is 0 Å². The molecule has 0 radical (unpaired) electrons. The van der Waals surface area contributed by atoms with Gasteiger partial charge >= 0.3 is 5.69 Å². The van der Waals surface area contributed by atoms with Crippen LogP contribution >= 0.6 is 15.9 Å². The highest BCUT2D eigenvalue weighted by Gasteiger charge is 2.13. The maximum absolute atomic E-state index is 12.7. The zero-order chi connectivity index (χ0) is 15.1. The van der Waals surface area contributed by atoms with Crippen LogP contribution in [0.3, 0.4) is 0 Å². The van der Waals surface area contributed by atoms with Crippen molar-refractivity contribution in [3.05, 3.63) is 72.8 Å². The van der Waals surface area contributed by atoms with E-state index in [2.05, 4.69) is 20.9 Å². The second-order valence-electron chi connectivity index (χ2n) is 5.00. The molecule has 0 saturated carbocycles. The first kappa shape index (κ1) is 13.8. The number of hydrogen-bond donors (Lipinski definition) is 1. The summed E-state index contributed by atoms with van der Waals surface area (Å²) < 4.78 is 2.01. The Labute approximate surface area is 129 Å². The van der Waals surface area contributed by atoms with Gasteiger partial charge in [-0.1, -0.05) is 34.1 Å². The summed E-state index contributed by atoms with van der Waals surface area (Å²) in [6.45, 7) is 3.78. The van der Waals surface area contributed by atoms with Gasteiger partial charge in [-0.05, 0) is 43.2 Å². The molecule has 2 aromatic carbocycles. The van der Waals surface area contributed by atoms with Crippen LogP contribution < -0.4 is 11.2 Å². The molecule has 1 heterocycles. The van der Waals surface area contributed by atoms with Gasteiger partial charge in [-0.15, -0.1) is 0 Å². The van der Waals surface area contributed by atoms with Crippen LogP contribution in [0.5, 0.6) is 0 Å². The Morgan fingerprint density at radius 1 is 1.05 bits per heavy atom. The molecule has 0 spiro atoms. The molecule has 21 heavy (non-hydrogen) atoms. The third-order valence-corrected chi connectivity index (χ3v) is 4.02. The van der Waals surface area contributed by atoms with Gasteiger partial charge in [0, 0.05) is 4.47 Å². The standard InChI is InChI=1S/C16H13BrN2O2/c1-9-4-3-5-10(2)14(9)19-15(20)12-8-11(17)6-7-13(12)18-16(19)21/h3-8H,1-2H3,(H,18,21). The first-order valence-corrected chi connectivity index (χ1v) is 7.29. The molecule has 0 aliphatic heterocycles. The number of H-pyrrole nitrogens is 1. The zero-order valence-electron chi connectivity index (χ0n) is 11.6. The lowest BCUT2D eigenvalue weighted by atomic mass is 10.1. The van der Waals surface area contributed by atoms with Gasteiger partial charge in [0.15, 0.2) is 0 Å². The molecule has 0 bridgehead atoms. The minimum absolute atomic E-state index is 0.313.